The number of amides is 2. The van der Waals surface area contributed by atoms with E-state index in [1.165, 1.54) is 12.1 Å². The molecule has 2 saturated heterocycles. The number of hydrogen-bond donors (Lipinski definition) is 0. The number of carbonyl (C=O) groups excluding carboxylic acids is 2. The van der Waals surface area contributed by atoms with E-state index in [1.807, 2.05) is 6.92 Å². The molecule has 0 spiro atoms. The van der Waals surface area contributed by atoms with Crippen LogP contribution in [0.2, 0.25) is 0 Å². The summed E-state index contributed by atoms with van der Waals surface area (Å²) >= 11 is 0. The summed E-state index contributed by atoms with van der Waals surface area (Å²) in [5.74, 6) is -0.598. The molecule has 172 valence electrons. The van der Waals surface area contributed by atoms with E-state index in [1.54, 1.807) is 9.80 Å². The molecule has 10 heteroatoms. The highest BCUT2D eigenvalue weighted by Crippen LogP contribution is 2.30. The maximum Gasteiger partial charge on any atom is 0.416 e. The van der Waals surface area contributed by atoms with Crippen molar-refractivity contribution in [1.29, 1.82) is 0 Å². The first kappa shape index (κ1) is 23.6. The Bertz CT molecular complexity index is 908. The molecule has 1 aromatic carbocycles. The Morgan fingerprint density at radius 3 is 2.19 bits per heavy atom. The van der Waals surface area contributed by atoms with Gasteiger partial charge in [-0.2, -0.15) is 13.2 Å². The molecule has 0 N–H and O–H groups in total. The van der Waals surface area contributed by atoms with Crippen LogP contribution in [-0.2, 0) is 20.8 Å². The maximum absolute atomic E-state index is 13.1. The number of halogens is 3. The van der Waals surface area contributed by atoms with Gasteiger partial charge in [0.15, 0.2) is 9.84 Å². The van der Waals surface area contributed by atoms with Crippen molar-refractivity contribution in [3.63, 3.8) is 0 Å². The Kier molecular flexibility index (Phi) is 6.98. The summed E-state index contributed by atoms with van der Waals surface area (Å²) in [4.78, 5) is 29.0. The van der Waals surface area contributed by atoms with Crippen molar-refractivity contribution in [2.75, 3.05) is 31.1 Å². The lowest BCUT2D eigenvalue weighted by atomic mass is 9.94. The van der Waals surface area contributed by atoms with Crippen LogP contribution in [0.3, 0.4) is 0 Å². The molecule has 0 saturated carbocycles. The van der Waals surface area contributed by atoms with Gasteiger partial charge < -0.3 is 9.80 Å². The Labute approximate surface area is 180 Å². The summed E-state index contributed by atoms with van der Waals surface area (Å²) in [6.45, 7) is 3.11. The number of hydrogen-bond acceptors (Lipinski definition) is 4. The number of piperidine rings is 1. The fourth-order valence-corrected chi connectivity index (χ4v) is 6.01. The highest BCUT2D eigenvalue weighted by molar-refractivity contribution is 7.91. The van der Waals surface area contributed by atoms with Crippen molar-refractivity contribution in [2.45, 2.75) is 44.8 Å². The fourth-order valence-electron chi connectivity index (χ4n) is 4.28. The Morgan fingerprint density at radius 1 is 1.10 bits per heavy atom. The summed E-state index contributed by atoms with van der Waals surface area (Å²) in [6.07, 6.45) is -2.37. The molecule has 2 amide bonds. The lowest BCUT2D eigenvalue weighted by Crippen LogP contribution is -2.48. The Balaban J connectivity index is 1.60. The standard InChI is InChI=1S/C21H27F3N2O4S/c1-2-10-26(18-9-13-31(29,30)14-18)20(28)16-7-11-25(12-8-16)19(27)15-3-5-17(6-4-15)21(22,23)24/h3-6,16,18H,2,7-14H2,1H3. The van der Waals surface area contributed by atoms with Crippen molar-refractivity contribution >= 4 is 21.7 Å². The second-order valence-electron chi connectivity index (χ2n) is 8.23. The molecule has 0 aliphatic carbocycles. The van der Waals surface area contributed by atoms with E-state index in [0.717, 1.165) is 18.6 Å². The molecular formula is C21H27F3N2O4S. The smallest absolute Gasteiger partial charge is 0.339 e. The third-order valence-electron chi connectivity index (χ3n) is 5.99. The lowest BCUT2D eigenvalue weighted by Gasteiger charge is -2.36. The molecule has 0 bridgehead atoms. The van der Waals surface area contributed by atoms with Gasteiger partial charge in [0.05, 0.1) is 17.1 Å². The van der Waals surface area contributed by atoms with E-state index in [9.17, 15) is 31.2 Å². The van der Waals surface area contributed by atoms with Gasteiger partial charge in [0.1, 0.15) is 0 Å². The monoisotopic (exact) mass is 460 g/mol. The SMILES string of the molecule is CCCN(C(=O)C1CCN(C(=O)c2ccc(C(F)(F)F)cc2)CC1)C1CCS(=O)(=O)C1. The average Bonchev–Trinajstić information content (AvgIpc) is 3.10. The van der Waals surface area contributed by atoms with Crippen molar-refractivity contribution in [2.24, 2.45) is 5.92 Å². The van der Waals surface area contributed by atoms with E-state index >= 15 is 0 Å². The molecule has 2 aliphatic heterocycles. The Hall–Kier alpha value is -2.10. The molecule has 1 aromatic rings. The van der Waals surface area contributed by atoms with Crippen LogP contribution in [0.1, 0.15) is 48.5 Å². The first-order valence-corrected chi connectivity index (χ1v) is 12.3. The molecule has 0 aromatic heterocycles. The van der Waals surface area contributed by atoms with Crippen molar-refractivity contribution in [1.82, 2.24) is 9.80 Å². The van der Waals surface area contributed by atoms with E-state index < -0.39 is 21.6 Å². The zero-order chi connectivity index (χ0) is 22.8. The second kappa shape index (κ2) is 9.18. The number of rotatable bonds is 5. The highest BCUT2D eigenvalue weighted by Gasteiger charge is 2.38. The van der Waals surface area contributed by atoms with E-state index in [0.29, 0.717) is 38.9 Å². The van der Waals surface area contributed by atoms with Crippen molar-refractivity contribution in [3.05, 3.63) is 35.4 Å². The number of sulfone groups is 1. The first-order valence-electron chi connectivity index (χ1n) is 10.5. The molecule has 2 fully saturated rings. The number of likely N-dealkylation sites (tertiary alicyclic amines) is 1. The topological polar surface area (TPSA) is 74.8 Å². The number of carbonyl (C=O) groups is 2. The van der Waals surface area contributed by atoms with Crippen molar-refractivity contribution in [3.8, 4) is 0 Å². The van der Waals surface area contributed by atoms with Crippen LogP contribution in [0.5, 0.6) is 0 Å². The van der Waals surface area contributed by atoms with Crippen LogP contribution in [0.25, 0.3) is 0 Å². The minimum absolute atomic E-state index is 0.00396. The van der Waals surface area contributed by atoms with Crippen LogP contribution >= 0.6 is 0 Å². The molecule has 3 rings (SSSR count). The summed E-state index contributed by atoms with van der Waals surface area (Å²) in [5.41, 5.74) is -0.625. The van der Waals surface area contributed by atoms with Gasteiger partial charge in [-0.3, -0.25) is 9.59 Å². The van der Waals surface area contributed by atoms with E-state index in [2.05, 4.69) is 0 Å². The summed E-state index contributed by atoms with van der Waals surface area (Å²) < 4.78 is 61.8. The summed E-state index contributed by atoms with van der Waals surface area (Å²) in [7, 11) is -3.10. The molecular weight excluding hydrogens is 433 g/mol. The van der Waals surface area contributed by atoms with Crippen LogP contribution in [-0.4, -0.2) is 67.2 Å². The van der Waals surface area contributed by atoms with Crippen molar-refractivity contribution < 1.29 is 31.2 Å². The number of nitrogens with zero attached hydrogens (tertiary/aromatic N) is 2. The van der Waals surface area contributed by atoms with E-state index in [4.69, 9.17) is 0 Å². The molecule has 1 unspecified atom stereocenters. The van der Waals surface area contributed by atoms with Crippen LogP contribution in [0, 0.1) is 5.92 Å². The van der Waals surface area contributed by atoms with Crippen LogP contribution < -0.4 is 0 Å². The number of alkyl halides is 3. The molecule has 1 atom stereocenters. The van der Waals surface area contributed by atoms with E-state index in [-0.39, 0.29) is 40.8 Å². The minimum Gasteiger partial charge on any atom is -0.339 e. The normalized spacial score (nSPS) is 21.8. The molecule has 31 heavy (non-hydrogen) atoms. The number of benzene rings is 1. The molecule has 2 heterocycles. The van der Waals surface area contributed by atoms with Gasteiger partial charge in [-0.05, 0) is 49.9 Å². The zero-order valence-electron chi connectivity index (χ0n) is 17.4. The largest absolute Gasteiger partial charge is 0.416 e. The third kappa shape index (κ3) is 5.58. The molecule has 6 nitrogen and oxygen atoms in total. The minimum atomic E-state index is -4.46. The molecule has 0 radical (unpaired) electrons. The lowest BCUT2D eigenvalue weighted by molar-refractivity contribution is -0.139. The zero-order valence-corrected chi connectivity index (χ0v) is 18.2. The summed E-state index contributed by atoms with van der Waals surface area (Å²) in [5, 5.41) is 0. The van der Waals surface area contributed by atoms with Crippen LogP contribution in [0.15, 0.2) is 24.3 Å². The Morgan fingerprint density at radius 2 is 1.71 bits per heavy atom. The van der Waals surface area contributed by atoms with Gasteiger partial charge in [-0.25, -0.2) is 8.42 Å². The maximum atomic E-state index is 13.1. The quantitative estimate of drug-likeness (QED) is 0.677. The van der Waals surface area contributed by atoms with Gasteiger partial charge in [0.25, 0.3) is 5.91 Å². The third-order valence-corrected chi connectivity index (χ3v) is 7.74. The highest BCUT2D eigenvalue weighted by atomic mass is 32.2. The van der Waals surface area contributed by atoms with Gasteiger partial charge in [0.2, 0.25) is 5.91 Å². The summed E-state index contributed by atoms with van der Waals surface area (Å²) in [6, 6.07) is 3.84. The second-order valence-corrected chi connectivity index (χ2v) is 10.5. The predicted molar refractivity (Wildman–Crippen MR) is 109 cm³/mol. The van der Waals surface area contributed by atoms with Crippen LogP contribution in [0.4, 0.5) is 13.2 Å². The molecule has 2 aliphatic rings. The average molecular weight is 461 g/mol. The van der Waals surface area contributed by atoms with Gasteiger partial charge in [-0.1, -0.05) is 6.92 Å². The first-order chi connectivity index (χ1) is 14.5. The fraction of sp³-hybridized carbons (Fsp3) is 0.619. The van der Waals surface area contributed by atoms with Gasteiger partial charge in [-0.15, -0.1) is 0 Å². The van der Waals surface area contributed by atoms with Gasteiger partial charge >= 0.3 is 6.18 Å². The van der Waals surface area contributed by atoms with Gasteiger partial charge in [0, 0.05) is 37.2 Å². The predicted octanol–water partition coefficient (Wildman–Crippen LogP) is 2.98.